The third kappa shape index (κ3) is 5.87. The molecule has 2 aromatic rings. The number of allylic oxidation sites excluding steroid dienone is 1. The van der Waals surface area contributed by atoms with Gasteiger partial charge in [-0.05, 0) is 49.6 Å². The van der Waals surface area contributed by atoms with E-state index in [4.69, 9.17) is 5.73 Å². The van der Waals surface area contributed by atoms with Crippen LogP contribution in [0, 0.1) is 23.1 Å². The van der Waals surface area contributed by atoms with Gasteiger partial charge in [0.15, 0.2) is 0 Å². The Morgan fingerprint density at radius 3 is 2.54 bits per heavy atom. The SMILES string of the molecule is CC1=C(C#N)NC(C(C(C)C)N(CCCN)C(=O)c2cccc(F)c2)N(Cc2ccccc2)C1=O. The molecule has 0 radical (unpaired) electrons. The highest BCUT2D eigenvalue weighted by Gasteiger charge is 2.42. The van der Waals surface area contributed by atoms with Gasteiger partial charge in [0, 0.05) is 24.2 Å². The summed E-state index contributed by atoms with van der Waals surface area (Å²) in [4.78, 5) is 30.5. The van der Waals surface area contributed by atoms with Crippen molar-refractivity contribution in [3.8, 4) is 6.07 Å². The summed E-state index contributed by atoms with van der Waals surface area (Å²) in [5.74, 6) is -1.22. The van der Waals surface area contributed by atoms with Gasteiger partial charge >= 0.3 is 0 Å². The summed E-state index contributed by atoms with van der Waals surface area (Å²) in [5.41, 5.74) is 7.44. The summed E-state index contributed by atoms with van der Waals surface area (Å²) >= 11 is 0. The standard InChI is InChI=1S/C27H32FN5O2/c1-18(2)24(32(14-8-13-29)27(35)21-11-7-12-22(28)15-21)25-31-23(16-30)19(3)26(34)33(25)17-20-9-5-4-6-10-20/h4-7,9-12,15,18,24-25,31H,8,13-14,17,29H2,1-3H3. The Morgan fingerprint density at radius 2 is 1.94 bits per heavy atom. The number of nitrogens with zero attached hydrogens (tertiary/aromatic N) is 3. The predicted molar refractivity (Wildman–Crippen MR) is 132 cm³/mol. The van der Waals surface area contributed by atoms with Crippen molar-refractivity contribution in [2.45, 2.75) is 45.9 Å². The van der Waals surface area contributed by atoms with Crippen LogP contribution in [0.3, 0.4) is 0 Å². The molecule has 2 unspecified atom stereocenters. The van der Waals surface area contributed by atoms with E-state index in [9.17, 15) is 19.2 Å². The highest BCUT2D eigenvalue weighted by molar-refractivity contribution is 5.96. The number of halogens is 1. The molecule has 1 aliphatic rings. The molecule has 2 aromatic carbocycles. The molecule has 1 heterocycles. The summed E-state index contributed by atoms with van der Waals surface area (Å²) in [6, 6.07) is 16.7. The van der Waals surface area contributed by atoms with Crippen LogP contribution in [0.25, 0.3) is 0 Å². The van der Waals surface area contributed by atoms with Crippen LogP contribution in [0.2, 0.25) is 0 Å². The molecule has 0 saturated heterocycles. The Bertz CT molecular complexity index is 1130. The second-order valence-corrected chi connectivity index (χ2v) is 9.01. The van der Waals surface area contributed by atoms with Crippen LogP contribution in [-0.4, -0.2) is 46.9 Å². The second kappa shape index (κ2) is 11.6. The summed E-state index contributed by atoms with van der Waals surface area (Å²) in [6.07, 6.45) is -0.139. The number of nitrogens with two attached hydrogens (primary N) is 1. The number of carbonyl (C=O) groups excluding carboxylic acids is 2. The molecule has 0 aromatic heterocycles. The lowest BCUT2D eigenvalue weighted by Crippen LogP contribution is -2.64. The molecule has 7 nitrogen and oxygen atoms in total. The number of carbonyl (C=O) groups is 2. The maximum Gasteiger partial charge on any atom is 0.254 e. The zero-order chi connectivity index (χ0) is 25.5. The summed E-state index contributed by atoms with van der Waals surface area (Å²) < 4.78 is 14.0. The fourth-order valence-electron chi connectivity index (χ4n) is 4.45. The fraction of sp³-hybridized carbons (Fsp3) is 0.370. The van der Waals surface area contributed by atoms with E-state index in [2.05, 4.69) is 11.4 Å². The topological polar surface area (TPSA) is 102 Å². The van der Waals surface area contributed by atoms with Gasteiger partial charge in [0.05, 0.1) is 6.04 Å². The Labute approximate surface area is 206 Å². The van der Waals surface area contributed by atoms with Gasteiger partial charge in [0.25, 0.3) is 11.8 Å². The van der Waals surface area contributed by atoms with E-state index in [0.29, 0.717) is 31.6 Å². The van der Waals surface area contributed by atoms with Gasteiger partial charge in [-0.25, -0.2) is 4.39 Å². The van der Waals surface area contributed by atoms with E-state index in [1.165, 1.54) is 18.2 Å². The average molecular weight is 478 g/mol. The van der Waals surface area contributed by atoms with Gasteiger partial charge < -0.3 is 20.9 Å². The molecule has 0 saturated carbocycles. The zero-order valence-corrected chi connectivity index (χ0v) is 20.4. The average Bonchev–Trinajstić information content (AvgIpc) is 2.85. The van der Waals surface area contributed by atoms with Crippen molar-refractivity contribution in [2.24, 2.45) is 11.7 Å². The first-order valence-corrected chi connectivity index (χ1v) is 11.8. The van der Waals surface area contributed by atoms with E-state index in [-0.39, 0.29) is 29.0 Å². The van der Waals surface area contributed by atoms with Crippen molar-refractivity contribution in [1.29, 1.82) is 5.26 Å². The van der Waals surface area contributed by atoms with Crippen LogP contribution in [0.5, 0.6) is 0 Å². The quantitative estimate of drug-likeness (QED) is 0.576. The van der Waals surface area contributed by atoms with Crippen molar-refractivity contribution < 1.29 is 14.0 Å². The monoisotopic (exact) mass is 477 g/mol. The van der Waals surface area contributed by atoms with Crippen LogP contribution in [0.4, 0.5) is 4.39 Å². The number of benzene rings is 2. The summed E-state index contributed by atoms with van der Waals surface area (Å²) in [6.45, 7) is 6.54. The summed E-state index contributed by atoms with van der Waals surface area (Å²) in [5, 5.41) is 12.9. The third-order valence-corrected chi connectivity index (χ3v) is 6.19. The molecule has 3 N–H and O–H groups in total. The van der Waals surface area contributed by atoms with Crippen molar-refractivity contribution in [3.05, 3.63) is 82.8 Å². The molecule has 35 heavy (non-hydrogen) atoms. The molecule has 0 fully saturated rings. The number of nitrogens with one attached hydrogen (secondary N) is 1. The first-order valence-electron chi connectivity index (χ1n) is 11.8. The number of hydrogen-bond donors (Lipinski definition) is 2. The maximum absolute atomic E-state index is 14.0. The van der Waals surface area contributed by atoms with E-state index < -0.39 is 18.0 Å². The molecule has 0 bridgehead atoms. The molecular formula is C27H32FN5O2. The lowest BCUT2D eigenvalue weighted by Gasteiger charge is -2.47. The van der Waals surface area contributed by atoms with E-state index in [1.807, 2.05) is 44.2 Å². The molecule has 0 spiro atoms. The Morgan fingerprint density at radius 1 is 1.23 bits per heavy atom. The fourth-order valence-corrected chi connectivity index (χ4v) is 4.45. The van der Waals surface area contributed by atoms with Crippen molar-refractivity contribution in [1.82, 2.24) is 15.1 Å². The van der Waals surface area contributed by atoms with Crippen molar-refractivity contribution in [3.63, 3.8) is 0 Å². The predicted octanol–water partition coefficient (Wildman–Crippen LogP) is 3.40. The maximum atomic E-state index is 14.0. The van der Waals surface area contributed by atoms with Gasteiger partial charge in [-0.2, -0.15) is 5.26 Å². The minimum atomic E-state index is -0.670. The van der Waals surface area contributed by atoms with Gasteiger partial charge in [-0.3, -0.25) is 9.59 Å². The molecule has 8 heteroatoms. The molecule has 2 atom stereocenters. The third-order valence-electron chi connectivity index (χ3n) is 6.19. The second-order valence-electron chi connectivity index (χ2n) is 9.01. The number of hydrogen-bond acceptors (Lipinski definition) is 5. The Hall–Kier alpha value is -3.70. The normalized spacial score (nSPS) is 16.7. The van der Waals surface area contributed by atoms with Crippen molar-refractivity contribution >= 4 is 11.8 Å². The molecular weight excluding hydrogens is 445 g/mol. The highest BCUT2D eigenvalue weighted by atomic mass is 19.1. The molecule has 184 valence electrons. The minimum absolute atomic E-state index is 0.104. The van der Waals surface area contributed by atoms with Gasteiger partial charge in [0.2, 0.25) is 0 Å². The van der Waals surface area contributed by atoms with E-state index >= 15 is 0 Å². The molecule has 0 aliphatic carbocycles. The summed E-state index contributed by atoms with van der Waals surface area (Å²) in [7, 11) is 0. The smallest absolute Gasteiger partial charge is 0.254 e. The Kier molecular flexibility index (Phi) is 8.61. The minimum Gasteiger partial charge on any atom is -0.354 e. The van der Waals surface area contributed by atoms with Crippen LogP contribution >= 0.6 is 0 Å². The van der Waals surface area contributed by atoms with Gasteiger partial charge in [0.1, 0.15) is 23.7 Å². The van der Waals surface area contributed by atoms with E-state index in [1.54, 1.807) is 22.8 Å². The molecule has 1 aliphatic heterocycles. The number of amides is 2. The molecule has 2 amide bonds. The zero-order valence-electron chi connectivity index (χ0n) is 20.4. The lowest BCUT2D eigenvalue weighted by atomic mass is 9.94. The lowest BCUT2D eigenvalue weighted by molar-refractivity contribution is -0.134. The van der Waals surface area contributed by atoms with E-state index in [0.717, 1.165) is 5.56 Å². The number of rotatable bonds is 9. The first-order chi connectivity index (χ1) is 16.8. The van der Waals surface area contributed by atoms with Crippen LogP contribution in [0.1, 0.15) is 43.1 Å². The van der Waals surface area contributed by atoms with Crippen LogP contribution in [0.15, 0.2) is 65.9 Å². The largest absolute Gasteiger partial charge is 0.354 e. The Balaban J connectivity index is 2.08. The number of nitriles is 1. The van der Waals surface area contributed by atoms with Gasteiger partial charge in [-0.15, -0.1) is 0 Å². The first kappa shape index (κ1) is 25.9. The van der Waals surface area contributed by atoms with Gasteiger partial charge in [-0.1, -0.05) is 50.2 Å². The van der Waals surface area contributed by atoms with Crippen LogP contribution < -0.4 is 11.1 Å². The molecule has 3 rings (SSSR count). The van der Waals surface area contributed by atoms with Crippen LogP contribution in [-0.2, 0) is 11.3 Å². The van der Waals surface area contributed by atoms with Crippen molar-refractivity contribution in [2.75, 3.05) is 13.1 Å². The highest BCUT2D eigenvalue weighted by Crippen LogP contribution is 2.27.